The molecule has 0 aromatic heterocycles. The van der Waals surface area contributed by atoms with Crippen molar-refractivity contribution in [3.05, 3.63) is 12.2 Å². The fourth-order valence-electron chi connectivity index (χ4n) is 3.41. The molecule has 1 N–H and O–H groups in total. The Bertz CT molecular complexity index is 485. The summed E-state index contributed by atoms with van der Waals surface area (Å²) in [5.41, 5.74) is 0. The number of aliphatic hydroxyl groups is 1. The first-order valence-electron chi connectivity index (χ1n) is 9.42. The number of rotatable bonds is 13. The third-order valence-corrected chi connectivity index (χ3v) is 4.93. The molecule has 26 heavy (non-hydrogen) atoms. The smallest absolute Gasteiger partial charge is 0.305 e. The number of unbranched alkanes of at least 4 members (excludes halogenated alkanes) is 1. The summed E-state index contributed by atoms with van der Waals surface area (Å²) in [6, 6.07) is 0. The lowest BCUT2D eigenvalue weighted by molar-refractivity contribution is -0.140. The van der Waals surface area contributed by atoms with Gasteiger partial charge in [-0.3, -0.25) is 14.4 Å². The highest BCUT2D eigenvalue weighted by Crippen LogP contribution is 2.35. The average molecular weight is 368 g/mol. The van der Waals surface area contributed by atoms with Gasteiger partial charge in [0.15, 0.2) is 0 Å². The summed E-state index contributed by atoms with van der Waals surface area (Å²) in [4.78, 5) is 35.1. The van der Waals surface area contributed by atoms with Crippen molar-refractivity contribution in [3.8, 4) is 0 Å². The zero-order valence-electron chi connectivity index (χ0n) is 15.9. The van der Waals surface area contributed by atoms with Gasteiger partial charge in [0, 0.05) is 45.3 Å². The molecule has 1 rings (SSSR count). The van der Waals surface area contributed by atoms with Crippen LogP contribution in [0.4, 0.5) is 0 Å². The van der Waals surface area contributed by atoms with Gasteiger partial charge < -0.3 is 14.6 Å². The number of ether oxygens (including phenoxy) is 2. The van der Waals surface area contributed by atoms with Gasteiger partial charge in [-0.1, -0.05) is 12.2 Å². The Kier molecular flexibility index (Phi) is 11.1. The lowest BCUT2D eigenvalue weighted by Gasteiger charge is -2.19. The summed E-state index contributed by atoms with van der Waals surface area (Å²) in [7, 11) is 2.98. The summed E-state index contributed by atoms with van der Waals surface area (Å²) < 4.78 is 9.52. The number of Topliss-reactive ketones (excluding diaryl/α,β-unsaturated/α-hetero) is 2. The van der Waals surface area contributed by atoms with Gasteiger partial charge in [-0.05, 0) is 38.0 Å². The second-order valence-corrected chi connectivity index (χ2v) is 6.86. The van der Waals surface area contributed by atoms with Crippen LogP contribution in [0.2, 0.25) is 0 Å². The van der Waals surface area contributed by atoms with Crippen LogP contribution in [0.1, 0.15) is 57.8 Å². The first-order chi connectivity index (χ1) is 12.5. The topological polar surface area (TPSA) is 89.9 Å². The van der Waals surface area contributed by atoms with E-state index in [1.165, 1.54) is 7.11 Å². The highest BCUT2D eigenvalue weighted by atomic mass is 16.5. The maximum Gasteiger partial charge on any atom is 0.305 e. The summed E-state index contributed by atoms with van der Waals surface area (Å²) in [6.07, 6.45) is 8.03. The molecule has 1 saturated carbocycles. The molecule has 0 aliphatic heterocycles. The van der Waals surface area contributed by atoms with Crippen molar-refractivity contribution in [1.82, 2.24) is 0 Å². The molecular formula is C20H32O6. The van der Waals surface area contributed by atoms with Crippen LogP contribution < -0.4 is 0 Å². The van der Waals surface area contributed by atoms with Crippen molar-refractivity contribution >= 4 is 17.5 Å². The zero-order valence-corrected chi connectivity index (χ0v) is 15.9. The van der Waals surface area contributed by atoms with Gasteiger partial charge in [0.1, 0.15) is 11.6 Å². The summed E-state index contributed by atoms with van der Waals surface area (Å²) in [5.74, 6) is -0.343. The second-order valence-electron chi connectivity index (χ2n) is 6.86. The number of hydrogen-bond acceptors (Lipinski definition) is 6. The van der Waals surface area contributed by atoms with Gasteiger partial charge in [-0.2, -0.15) is 0 Å². The van der Waals surface area contributed by atoms with E-state index in [4.69, 9.17) is 4.74 Å². The van der Waals surface area contributed by atoms with Crippen molar-refractivity contribution in [1.29, 1.82) is 0 Å². The van der Waals surface area contributed by atoms with Crippen LogP contribution in [0.5, 0.6) is 0 Å². The van der Waals surface area contributed by atoms with Gasteiger partial charge in [-0.25, -0.2) is 0 Å². The van der Waals surface area contributed by atoms with Crippen LogP contribution in [0.15, 0.2) is 12.2 Å². The lowest BCUT2D eigenvalue weighted by atomic mass is 9.86. The first kappa shape index (κ1) is 22.5. The monoisotopic (exact) mass is 368 g/mol. The van der Waals surface area contributed by atoms with Crippen LogP contribution >= 0.6 is 0 Å². The molecule has 0 saturated heterocycles. The second kappa shape index (κ2) is 12.8. The van der Waals surface area contributed by atoms with Crippen molar-refractivity contribution in [2.75, 3.05) is 20.8 Å². The summed E-state index contributed by atoms with van der Waals surface area (Å²) in [5, 5.41) is 10.2. The summed E-state index contributed by atoms with van der Waals surface area (Å²) in [6.45, 7) is 0.569. The van der Waals surface area contributed by atoms with E-state index in [1.807, 2.05) is 12.2 Å². The van der Waals surface area contributed by atoms with Crippen molar-refractivity contribution in [2.45, 2.75) is 63.9 Å². The predicted molar refractivity (Wildman–Crippen MR) is 97.6 cm³/mol. The van der Waals surface area contributed by atoms with E-state index >= 15 is 0 Å². The zero-order chi connectivity index (χ0) is 19.4. The van der Waals surface area contributed by atoms with Crippen LogP contribution in [0.25, 0.3) is 0 Å². The SMILES string of the molecule is COCCCC(=O)CCC1C(O)CC(=O)C1CC=CCCCC(=O)OC. The first-order valence-corrected chi connectivity index (χ1v) is 9.42. The Morgan fingerprint density at radius 2 is 1.92 bits per heavy atom. The van der Waals surface area contributed by atoms with Crippen LogP contribution in [0.3, 0.4) is 0 Å². The molecular weight excluding hydrogens is 336 g/mol. The van der Waals surface area contributed by atoms with E-state index < -0.39 is 6.10 Å². The fraction of sp³-hybridized carbons (Fsp3) is 0.750. The van der Waals surface area contributed by atoms with Crippen LogP contribution in [-0.4, -0.2) is 49.6 Å². The molecule has 0 heterocycles. The highest BCUT2D eigenvalue weighted by molar-refractivity contribution is 5.84. The number of carbonyl (C=O) groups is 3. The van der Waals surface area contributed by atoms with Gasteiger partial charge in [0.05, 0.1) is 13.2 Å². The van der Waals surface area contributed by atoms with Gasteiger partial charge in [-0.15, -0.1) is 0 Å². The quantitative estimate of drug-likeness (QED) is 0.305. The van der Waals surface area contributed by atoms with E-state index in [0.29, 0.717) is 51.6 Å². The Balaban J connectivity index is 2.38. The molecule has 1 aliphatic rings. The van der Waals surface area contributed by atoms with Crippen molar-refractivity contribution < 1.29 is 29.0 Å². The molecule has 0 aromatic rings. The molecule has 148 valence electrons. The molecule has 3 atom stereocenters. The van der Waals surface area contributed by atoms with Crippen molar-refractivity contribution in [2.24, 2.45) is 11.8 Å². The minimum atomic E-state index is -0.646. The molecule has 1 fully saturated rings. The van der Waals surface area contributed by atoms with E-state index in [0.717, 1.165) is 6.42 Å². The van der Waals surface area contributed by atoms with Gasteiger partial charge >= 0.3 is 5.97 Å². The van der Waals surface area contributed by atoms with Crippen LogP contribution in [0, 0.1) is 11.8 Å². The molecule has 0 spiro atoms. The average Bonchev–Trinajstić information content (AvgIpc) is 2.89. The van der Waals surface area contributed by atoms with E-state index in [9.17, 15) is 19.5 Å². The maximum absolute atomic E-state index is 12.1. The van der Waals surface area contributed by atoms with Crippen molar-refractivity contribution in [3.63, 3.8) is 0 Å². The molecule has 0 amide bonds. The highest BCUT2D eigenvalue weighted by Gasteiger charge is 2.40. The maximum atomic E-state index is 12.1. The molecule has 6 heteroatoms. The largest absolute Gasteiger partial charge is 0.469 e. The number of carbonyl (C=O) groups excluding carboxylic acids is 3. The summed E-state index contributed by atoms with van der Waals surface area (Å²) >= 11 is 0. The number of ketones is 2. The molecule has 0 aromatic carbocycles. The van der Waals surface area contributed by atoms with E-state index in [2.05, 4.69) is 4.74 Å². The Morgan fingerprint density at radius 3 is 2.62 bits per heavy atom. The van der Waals surface area contributed by atoms with E-state index in [-0.39, 0.29) is 35.8 Å². The molecule has 6 nitrogen and oxygen atoms in total. The number of esters is 1. The third kappa shape index (κ3) is 8.23. The van der Waals surface area contributed by atoms with Crippen LogP contribution in [-0.2, 0) is 23.9 Å². The Hall–Kier alpha value is -1.53. The normalized spacial score (nSPS) is 22.9. The Morgan fingerprint density at radius 1 is 1.15 bits per heavy atom. The van der Waals surface area contributed by atoms with Gasteiger partial charge in [0.25, 0.3) is 0 Å². The minimum Gasteiger partial charge on any atom is -0.469 e. The molecule has 0 bridgehead atoms. The fourth-order valence-corrected chi connectivity index (χ4v) is 3.41. The molecule has 0 radical (unpaired) electrons. The minimum absolute atomic E-state index is 0.0774. The third-order valence-electron chi connectivity index (χ3n) is 4.93. The number of methoxy groups -OCH3 is 2. The predicted octanol–water partition coefficient (Wildman–Crippen LogP) is 2.62. The van der Waals surface area contributed by atoms with E-state index in [1.54, 1.807) is 7.11 Å². The molecule has 1 aliphatic carbocycles. The standard InChI is InChI=1S/C20H32O6/c1-25-13-7-8-15(21)11-12-17-16(18(22)14-19(17)23)9-5-3-4-6-10-20(24)26-2/h3,5,16-17,19,23H,4,6-14H2,1-2H3. The number of allylic oxidation sites excluding steroid dienone is 2. The number of hydrogen-bond donors (Lipinski definition) is 1. The Labute approximate surface area is 155 Å². The number of aliphatic hydroxyl groups excluding tert-OH is 1. The molecule has 3 unspecified atom stereocenters. The van der Waals surface area contributed by atoms with Gasteiger partial charge in [0.2, 0.25) is 0 Å². The lowest BCUT2D eigenvalue weighted by Crippen LogP contribution is -2.21.